The minimum atomic E-state index is -1.18. The van der Waals surface area contributed by atoms with E-state index in [4.69, 9.17) is 9.52 Å². The van der Waals surface area contributed by atoms with Gasteiger partial charge in [-0.25, -0.2) is 4.79 Å². The maximum Gasteiger partial charge on any atom is 0.371 e. The van der Waals surface area contributed by atoms with E-state index in [-0.39, 0.29) is 17.4 Å². The fourth-order valence-corrected chi connectivity index (χ4v) is 1.39. The summed E-state index contributed by atoms with van der Waals surface area (Å²) in [6.07, 6.45) is 0. The molecule has 0 radical (unpaired) electrons. The van der Waals surface area contributed by atoms with Crippen LogP contribution in [0.3, 0.4) is 0 Å². The lowest BCUT2D eigenvalue weighted by Crippen LogP contribution is -2.29. The number of hydrogen-bond donors (Lipinski definition) is 1. The van der Waals surface area contributed by atoms with Gasteiger partial charge in [-0.05, 0) is 18.1 Å². The van der Waals surface area contributed by atoms with Crippen molar-refractivity contribution in [3.05, 3.63) is 23.7 Å². The number of furan rings is 1. The number of rotatable bonds is 4. The highest BCUT2D eigenvalue weighted by Crippen LogP contribution is 2.11. The molecular weight excluding hydrogens is 210 g/mol. The van der Waals surface area contributed by atoms with Crippen LogP contribution in [0.15, 0.2) is 16.5 Å². The summed E-state index contributed by atoms with van der Waals surface area (Å²) in [5.74, 6) is -1.29. The Morgan fingerprint density at radius 3 is 2.38 bits per heavy atom. The summed E-state index contributed by atoms with van der Waals surface area (Å²) in [5, 5.41) is 8.65. The SMILES string of the molecule is CC(C)CN(C)C(=O)c1ccc(C(=O)O)o1. The lowest BCUT2D eigenvalue weighted by Gasteiger charge is -2.17. The Kier molecular flexibility index (Phi) is 3.71. The van der Waals surface area contributed by atoms with E-state index in [1.54, 1.807) is 7.05 Å². The van der Waals surface area contributed by atoms with Gasteiger partial charge in [0.2, 0.25) is 5.76 Å². The summed E-state index contributed by atoms with van der Waals surface area (Å²) in [5.41, 5.74) is 0. The standard InChI is InChI=1S/C11H15NO4/c1-7(2)6-12(3)10(13)8-4-5-9(16-8)11(14)15/h4-5,7H,6H2,1-3H3,(H,14,15). The van der Waals surface area contributed by atoms with Gasteiger partial charge in [-0.3, -0.25) is 4.79 Å². The van der Waals surface area contributed by atoms with Gasteiger partial charge >= 0.3 is 5.97 Å². The van der Waals surface area contributed by atoms with Crippen LogP contribution in [0.25, 0.3) is 0 Å². The van der Waals surface area contributed by atoms with Crippen molar-refractivity contribution >= 4 is 11.9 Å². The van der Waals surface area contributed by atoms with Crippen LogP contribution < -0.4 is 0 Å². The fourth-order valence-electron chi connectivity index (χ4n) is 1.39. The van der Waals surface area contributed by atoms with Gasteiger partial charge in [0.25, 0.3) is 5.91 Å². The Balaban J connectivity index is 2.76. The largest absolute Gasteiger partial charge is 0.475 e. The number of carboxylic acid groups (broad SMARTS) is 1. The molecule has 16 heavy (non-hydrogen) atoms. The predicted octanol–water partition coefficient (Wildman–Crippen LogP) is 1.71. The third-order valence-electron chi connectivity index (χ3n) is 2.01. The van der Waals surface area contributed by atoms with Crippen molar-refractivity contribution in [3.63, 3.8) is 0 Å². The average molecular weight is 225 g/mol. The smallest absolute Gasteiger partial charge is 0.371 e. The zero-order valence-corrected chi connectivity index (χ0v) is 9.56. The number of hydrogen-bond acceptors (Lipinski definition) is 3. The van der Waals surface area contributed by atoms with E-state index in [1.807, 2.05) is 13.8 Å². The molecule has 1 aromatic heterocycles. The minimum Gasteiger partial charge on any atom is -0.475 e. The highest BCUT2D eigenvalue weighted by molar-refractivity contribution is 5.93. The average Bonchev–Trinajstić information content (AvgIpc) is 2.64. The second kappa shape index (κ2) is 4.83. The summed E-state index contributed by atoms with van der Waals surface area (Å²) in [6, 6.07) is 2.65. The molecule has 1 heterocycles. The number of aromatic carboxylic acids is 1. The van der Waals surface area contributed by atoms with Crippen LogP contribution in [-0.2, 0) is 0 Å². The number of carbonyl (C=O) groups is 2. The van der Waals surface area contributed by atoms with Gasteiger partial charge in [-0.2, -0.15) is 0 Å². The van der Waals surface area contributed by atoms with Crippen LogP contribution >= 0.6 is 0 Å². The van der Waals surface area contributed by atoms with Crippen LogP contribution in [0, 0.1) is 5.92 Å². The molecule has 0 aliphatic heterocycles. The Labute approximate surface area is 93.7 Å². The fraction of sp³-hybridized carbons (Fsp3) is 0.455. The van der Waals surface area contributed by atoms with Crippen LogP contribution in [-0.4, -0.2) is 35.5 Å². The van der Waals surface area contributed by atoms with Crippen LogP contribution in [0.4, 0.5) is 0 Å². The Morgan fingerprint density at radius 1 is 1.38 bits per heavy atom. The first-order chi connectivity index (χ1) is 7.41. The first kappa shape index (κ1) is 12.3. The second-order valence-electron chi connectivity index (χ2n) is 4.05. The predicted molar refractivity (Wildman–Crippen MR) is 57.5 cm³/mol. The molecule has 0 atom stereocenters. The van der Waals surface area contributed by atoms with Crippen LogP contribution in [0.2, 0.25) is 0 Å². The molecule has 5 nitrogen and oxygen atoms in total. The van der Waals surface area contributed by atoms with Gasteiger partial charge in [0.1, 0.15) is 0 Å². The molecule has 1 N–H and O–H groups in total. The second-order valence-corrected chi connectivity index (χ2v) is 4.05. The molecule has 0 aliphatic carbocycles. The third-order valence-corrected chi connectivity index (χ3v) is 2.01. The normalized spacial score (nSPS) is 10.5. The molecule has 88 valence electrons. The van der Waals surface area contributed by atoms with E-state index in [9.17, 15) is 9.59 Å². The molecule has 0 fully saturated rings. The summed E-state index contributed by atoms with van der Waals surface area (Å²) in [4.78, 5) is 23.8. The zero-order chi connectivity index (χ0) is 12.3. The minimum absolute atomic E-state index is 0.0561. The first-order valence-corrected chi connectivity index (χ1v) is 5.00. The molecule has 0 unspecified atom stereocenters. The van der Waals surface area contributed by atoms with Crippen molar-refractivity contribution in [1.29, 1.82) is 0 Å². The molecule has 0 bridgehead atoms. The monoisotopic (exact) mass is 225 g/mol. The van der Waals surface area contributed by atoms with Gasteiger partial charge in [-0.15, -0.1) is 0 Å². The van der Waals surface area contributed by atoms with E-state index >= 15 is 0 Å². The van der Waals surface area contributed by atoms with E-state index < -0.39 is 5.97 Å². The van der Waals surface area contributed by atoms with E-state index in [2.05, 4.69) is 0 Å². The lowest BCUT2D eigenvalue weighted by molar-refractivity contribution is 0.0652. The molecule has 0 aromatic carbocycles. The van der Waals surface area contributed by atoms with Crippen molar-refractivity contribution in [3.8, 4) is 0 Å². The molecule has 1 aromatic rings. The highest BCUT2D eigenvalue weighted by Gasteiger charge is 2.18. The highest BCUT2D eigenvalue weighted by atomic mass is 16.4. The van der Waals surface area contributed by atoms with Crippen molar-refractivity contribution in [2.24, 2.45) is 5.92 Å². The topological polar surface area (TPSA) is 70.8 Å². The maximum atomic E-state index is 11.8. The molecule has 1 rings (SSSR count). The quantitative estimate of drug-likeness (QED) is 0.846. The molecule has 0 aliphatic rings. The lowest BCUT2D eigenvalue weighted by atomic mass is 10.2. The van der Waals surface area contributed by atoms with E-state index in [0.717, 1.165) is 0 Å². The molecule has 0 saturated carbocycles. The third kappa shape index (κ3) is 2.85. The van der Waals surface area contributed by atoms with Gasteiger partial charge in [0.05, 0.1) is 0 Å². The van der Waals surface area contributed by atoms with Crippen LogP contribution in [0.5, 0.6) is 0 Å². The summed E-state index contributed by atoms with van der Waals surface area (Å²) in [6.45, 7) is 4.59. The van der Waals surface area contributed by atoms with E-state index in [1.165, 1.54) is 17.0 Å². The maximum absolute atomic E-state index is 11.8. The summed E-state index contributed by atoms with van der Waals surface area (Å²) in [7, 11) is 1.66. The molecule has 1 amide bonds. The Bertz CT molecular complexity index is 394. The number of carboxylic acids is 1. The number of nitrogens with zero attached hydrogens (tertiary/aromatic N) is 1. The number of carbonyl (C=O) groups excluding carboxylic acids is 1. The van der Waals surface area contributed by atoms with Gasteiger partial charge < -0.3 is 14.4 Å². The van der Waals surface area contributed by atoms with Gasteiger partial charge in [-0.1, -0.05) is 13.8 Å². The first-order valence-electron chi connectivity index (χ1n) is 5.00. The molecule has 0 saturated heterocycles. The molecule has 0 spiro atoms. The van der Waals surface area contributed by atoms with Gasteiger partial charge in [0, 0.05) is 13.6 Å². The Morgan fingerprint density at radius 2 is 1.94 bits per heavy atom. The van der Waals surface area contributed by atoms with Crippen molar-refractivity contribution in [2.75, 3.05) is 13.6 Å². The van der Waals surface area contributed by atoms with Crippen molar-refractivity contribution < 1.29 is 19.1 Å². The zero-order valence-electron chi connectivity index (χ0n) is 9.56. The molecular formula is C11H15NO4. The summed E-state index contributed by atoms with van der Waals surface area (Å²) < 4.78 is 4.92. The van der Waals surface area contributed by atoms with Crippen molar-refractivity contribution in [2.45, 2.75) is 13.8 Å². The number of amides is 1. The molecule has 5 heteroatoms. The van der Waals surface area contributed by atoms with Crippen LogP contribution in [0.1, 0.15) is 35.0 Å². The Hall–Kier alpha value is -1.78. The summed E-state index contributed by atoms with van der Waals surface area (Å²) >= 11 is 0. The van der Waals surface area contributed by atoms with E-state index in [0.29, 0.717) is 12.5 Å². The van der Waals surface area contributed by atoms with Gasteiger partial charge in [0.15, 0.2) is 5.76 Å². The van der Waals surface area contributed by atoms with Crippen molar-refractivity contribution in [1.82, 2.24) is 4.90 Å².